The molecule has 3 aromatic carbocycles. The van der Waals surface area contributed by atoms with Crippen LogP contribution < -0.4 is 20.1 Å². The lowest BCUT2D eigenvalue weighted by atomic mass is 9.79. The molecule has 1 unspecified atom stereocenters. The summed E-state index contributed by atoms with van der Waals surface area (Å²) >= 11 is 0. The maximum atomic E-state index is 13.2. The van der Waals surface area contributed by atoms with Crippen molar-refractivity contribution in [3.8, 4) is 11.5 Å². The van der Waals surface area contributed by atoms with Gasteiger partial charge in [0.2, 0.25) is 0 Å². The van der Waals surface area contributed by atoms with Gasteiger partial charge in [0.25, 0.3) is 0 Å². The number of hydrogen-bond acceptors (Lipinski definition) is 8. The van der Waals surface area contributed by atoms with Gasteiger partial charge in [-0.2, -0.15) is 0 Å². The maximum absolute atomic E-state index is 13.2. The largest absolute Gasteiger partial charge is 0.497 e. The van der Waals surface area contributed by atoms with Crippen LogP contribution in [0.3, 0.4) is 0 Å². The van der Waals surface area contributed by atoms with Crippen LogP contribution in [-0.2, 0) is 33.6 Å². The summed E-state index contributed by atoms with van der Waals surface area (Å²) in [6, 6.07) is 19.9. The molecule has 1 aliphatic carbocycles. The summed E-state index contributed by atoms with van der Waals surface area (Å²) in [5.74, 6) is 1.30. The molecule has 0 saturated carbocycles. The summed E-state index contributed by atoms with van der Waals surface area (Å²) in [6.45, 7) is 16.4. The number of Topliss-reactive ketones (excluding diaryl/α,β-unsaturated/α-hetero) is 1. The third-order valence-electron chi connectivity index (χ3n) is 8.87. The van der Waals surface area contributed by atoms with Crippen LogP contribution in [0.25, 0.3) is 0 Å². The number of nitrogens with one attached hydrogen (secondary N) is 2. The van der Waals surface area contributed by atoms with Crippen LogP contribution in [0.5, 0.6) is 11.5 Å². The first kappa shape index (κ1) is 38.6. The van der Waals surface area contributed by atoms with E-state index >= 15 is 0 Å². The highest BCUT2D eigenvalue weighted by molar-refractivity contribution is 5.96. The summed E-state index contributed by atoms with van der Waals surface area (Å²) in [4.78, 5) is 37.6. The van der Waals surface area contributed by atoms with E-state index in [1.165, 1.54) is 16.7 Å². The zero-order valence-corrected chi connectivity index (χ0v) is 31.5. The summed E-state index contributed by atoms with van der Waals surface area (Å²) in [6.07, 6.45) is 4.16. The van der Waals surface area contributed by atoms with Crippen LogP contribution >= 0.6 is 0 Å². The fraction of sp³-hybridized carbons (Fsp3) is 0.500. The van der Waals surface area contributed by atoms with Crippen molar-refractivity contribution in [2.24, 2.45) is 5.41 Å². The van der Waals surface area contributed by atoms with E-state index in [0.29, 0.717) is 43.2 Å². The second-order valence-corrected chi connectivity index (χ2v) is 16.1. The van der Waals surface area contributed by atoms with E-state index in [0.717, 1.165) is 42.7 Å². The Morgan fingerprint density at radius 1 is 0.800 bits per heavy atom. The Bertz CT molecular complexity index is 1650. The van der Waals surface area contributed by atoms with Gasteiger partial charge in [0.1, 0.15) is 17.1 Å². The Hall–Kier alpha value is -4.17. The van der Waals surface area contributed by atoms with Gasteiger partial charge in [0, 0.05) is 42.4 Å². The summed E-state index contributed by atoms with van der Waals surface area (Å²) < 4.78 is 16.6. The van der Waals surface area contributed by atoms with Crippen molar-refractivity contribution in [1.29, 1.82) is 0 Å². The summed E-state index contributed by atoms with van der Waals surface area (Å²) in [5.41, 5.74) is 5.21. The van der Waals surface area contributed by atoms with Crippen LogP contribution in [0, 0.1) is 5.41 Å². The quantitative estimate of drug-likeness (QED) is 0.0995. The molecule has 0 spiro atoms. The van der Waals surface area contributed by atoms with Gasteiger partial charge in [-0.25, -0.2) is 0 Å². The van der Waals surface area contributed by atoms with Crippen LogP contribution in [0.15, 0.2) is 60.7 Å². The highest BCUT2D eigenvalue weighted by atomic mass is 16.6. The molecule has 0 bridgehead atoms. The first-order valence-electron chi connectivity index (χ1n) is 17.8. The number of esters is 2. The fourth-order valence-electron chi connectivity index (χ4n) is 6.22. The molecule has 0 aromatic heterocycles. The highest BCUT2D eigenvalue weighted by Gasteiger charge is 2.26. The highest BCUT2D eigenvalue weighted by Crippen LogP contribution is 2.39. The van der Waals surface area contributed by atoms with Crippen LogP contribution in [0.4, 0.5) is 5.69 Å². The van der Waals surface area contributed by atoms with E-state index in [2.05, 4.69) is 36.6 Å². The van der Waals surface area contributed by atoms with E-state index in [-0.39, 0.29) is 23.3 Å². The monoisotopic (exact) mass is 684 g/mol. The second kappa shape index (κ2) is 16.2. The zero-order valence-electron chi connectivity index (χ0n) is 31.5. The molecule has 4 rings (SSSR count). The first-order valence-corrected chi connectivity index (χ1v) is 17.8. The number of fused-ring (bicyclic) bond motifs is 1. The van der Waals surface area contributed by atoms with Gasteiger partial charge in [-0.15, -0.1) is 0 Å². The second-order valence-electron chi connectivity index (χ2n) is 16.1. The molecular weight excluding hydrogens is 628 g/mol. The normalized spacial score (nSPS) is 14.8. The van der Waals surface area contributed by atoms with Gasteiger partial charge in [-0.3, -0.25) is 14.4 Å². The van der Waals surface area contributed by atoms with Crippen molar-refractivity contribution in [3.05, 3.63) is 88.5 Å². The average Bonchev–Trinajstić information content (AvgIpc) is 3.03. The molecular formula is C42H56N2O6. The Morgan fingerprint density at radius 2 is 1.50 bits per heavy atom. The molecule has 8 nitrogen and oxygen atoms in total. The van der Waals surface area contributed by atoms with Crippen molar-refractivity contribution in [1.82, 2.24) is 5.32 Å². The average molecular weight is 685 g/mol. The molecule has 0 saturated heterocycles. The molecule has 8 heteroatoms. The van der Waals surface area contributed by atoms with E-state index < -0.39 is 11.0 Å². The Kier molecular flexibility index (Phi) is 12.5. The molecule has 3 aromatic rings. The molecule has 2 N–H and O–H groups in total. The molecule has 50 heavy (non-hydrogen) atoms. The van der Waals surface area contributed by atoms with E-state index in [1.807, 2.05) is 90.1 Å². The third kappa shape index (κ3) is 11.4. The standard InChI is InChI=1S/C42H56N2O6/c1-40(2,3)39(47)49-34-17-16-30-24-32(15-14-31(30)25-34)35-19-18-33(48-9)26-36(35)43-22-20-37(45)29-12-10-28(11-13-29)27-42(7,8)44-23-21-38(46)50-41(4,5)6/h10-13,16-19,25-26,32,43-44H,14-15,20-24,27H2,1-9H3. The number of methoxy groups -OCH3 is 1. The van der Waals surface area contributed by atoms with E-state index in [4.69, 9.17) is 14.2 Å². The van der Waals surface area contributed by atoms with Crippen molar-refractivity contribution < 1.29 is 28.6 Å². The number of carbonyl (C=O) groups excluding carboxylic acids is 3. The van der Waals surface area contributed by atoms with Gasteiger partial charge >= 0.3 is 11.9 Å². The predicted molar refractivity (Wildman–Crippen MR) is 199 cm³/mol. The number of benzene rings is 3. The minimum atomic E-state index is -0.559. The number of ether oxygens (including phenoxy) is 3. The Morgan fingerprint density at radius 3 is 2.16 bits per heavy atom. The van der Waals surface area contributed by atoms with Crippen LogP contribution in [0.2, 0.25) is 0 Å². The van der Waals surface area contributed by atoms with E-state index in [9.17, 15) is 14.4 Å². The lowest BCUT2D eigenvalue weighted by molar-refractivity contribution is -0.154. The third-order valence-corrected chi connectivity index (χ3v) is 8.87. The lowest BCUT2D eigenvalue weighted by Crippen LogP contribution is -2.42. The van der Waals surface area contributed by atoms with Crippen LogP contribution in [0.1, 0.15) is 113 Å². The Balaban J connectivity index is 1.32. The number of ketones is 1. The summed E-state index contributed by atoms with van der Waals surface area (Å²) in [7, 11) is 1.66. The number of aryl methyl sites for hydroxylation is 1. The molecule has 0 heterocycles. The minimum Gasteiger partial charge on any atom is -0.497 e. The smallest absolute Gasteiger partial charge is 0.316 e. The summed E-state index contributed by atoms with van der Waals surface area (Å²) in [5, 5.41) is 7.00. The van der Waals surface area contributed by atoms with Crippen molar-refractivity contribution in [2.75, 3.05) is 25.5 Å². The predicted octanol–water partition coefficient (Wildman–Crippen LogP) is 8.25. The molecule has 0 amide bonds. The van der Waals surface area contributed by atoms with Crippen molar-refractivity contribution >= 4 is 23.4 Å². The molecule has 270 valence electrons. The molecule has 0 aliphatic heterocycles. The number of hydrogen-bond donors (Lipinski definition) is 2. The van der Waals surface area contributed by atoms with E-state index in [1.54, 1.807) is 7.11 Å². The SMILES string of the molecule is COc1ccc(C2CCc3cc(OC(=O)C(C)(C)C)ccc3C2)c(NCCC(=O)c2ccc(CC(C)(C)NCCC(=O)OC(C)(C)C)cc2)c1. The maximum Gasteiger partial charge on any atom is 0.316 e. The van der Waals surface area contributed by atoms with Crippen molar-refractivity contribution in [2.45, 2.75) is 111 Å². The molecule has 1 aliphatic rings. The molecule has 1 atom stereocenters. The number of anilines is 1. The topological polar surface area (TPSA) is 103 Å². The van der Waals surface area contributed by atoms with Crippen molar-refractivity contribution in [3.63, 3.8) is 0 Å². The number of rotatable bonds is 14. The van der Waals surface area contributed by atoms with Gasteiger partial charge in [-0.1, -0.05) is 36.4 Å². The fourth-order valence-corrected chi connectivity index (χ4v) is 6.22. The molecule has 0 radical (unpaired) electrons. The van der Waals surface area contributed by atoms with Gasteiger partial charge < -0.3 is 24.8 Å². The van der Waals surface area contributed by atoms with Gasteiger partial charge in [0.15, 0.2) is 5.78 Å². The van der Waals surface area contributed by atoms with Gasteiger partial charge in [0.05, 0.1) is 18.9 Å². The lowest BCUT2D eigenvalue weighted by Gasteiger charge is -2.28. The first-order chi connectivity index (χ1) is 23.4. The van der Waals surface area contributed by atoms with Crippen LogP contribution in [-0.4, -0.2) is 49.1 Å². The minimum absolute atomic E-state index is 0.0813. The Labute approximate surface area is 298 Å². The van der Waals surface area contributed by atoms with Gasteiger partial charge in [-0.05, 0) is 127 Å². The zero-order chi connectivity index (χ0) is 36.7. The molecule has 0 fully saturated rings. The number of carbonyl (C=O) groups is 3.